The number of rotatable bonds is 6. The zero-order valence-electron chi connectivity index (χ0n) is 17.2. The van der Waals surface area contributed by atoms with Crippen LogP contribution in [0.25, 0.3) is 22.4 Å². The van der Waals surface area contributed by atoms with Crippen LogP contribution in [0.3, 0.4) is 0 Å². The third-order valence-electron chi connectivity index (χ3n) is 4.95. The highest BCUT2D eigenvalue weighted by Gasteiger charge is 2.16. The first kappa shape index (κ1) is 19.9. The van der Waals surface area contributed by atoms with Gasteiger partial charge in [-0.25, -0.2) is 9.97 Å². The molecule has 7 nitrogen and oxygen atoms in total. The summed E-state index contributed by atoms with van der Waals surface area (Å²) in [6.45, 7) is 0.408. The number of thiophene rings is 1. The van der Waals surface area contributed by atoms with Crippen LogP contribution >= 0.6 is 11.3 Å². The van der Waals surface area contributed by atoms with Crippen LogP contribution in [-0.2, 0) is 6.54 Å². The molecule has 0 aliphatic carbocycles. The van der Waals surface area contributed by atoms with E-state index >= 15 is 0 Å². The molecule has 8 heteroatoms. The Morgan fingerprint density at radius 1 is 1.03 bits per heavy atom. The SMILES string of the molecule is COc1cccc(Nc2ncc3nc(-c4ccccc4)c(=O)n(Cc4cccs4)c3n2)c1. The summed E-state index contributed by atoms with van der Waals surface area (Å²) in [6.07, 6.45) is 1.64. The van der Waals surface area contributed by atoms with Crippen molar-refractivity contribution in [2.75, 3.05) is 12.4 Å². The summed E-state index contributed by atoms with van der Waals surface area (Å²) in [5, 5.41) is 5.17. The van der Waals surface area contributed by atoms with Gasteiger partial charge in [-0.05, 0) is 23.6 Å². The number of anilines is 2. The summed E-state index contributed by atoms with van der Waals surface area (Å²) in [7, 11) is 1.62. The maximum atomic E-state index is 13.5. The number of aromatic nitrogens is 4. The van der Waals surface area contributed by atoms with Crippen LogP contribution in [0.2, 0.25) is 0 Å². The van der Waals surface area contributed by atoms with E-state index in [0.29, 0.717) is 29.4 Å². The third kappa shape index (κ3) is 3.95. The van der Waals surface area contributed by atoms with Crippen molar-refractivity contribution in [1.29, 1.82) is 0 Å². The van der Waals surface area contributed by atoms with Gasteiger partial charge in [-0.15, -0.1) is 11.3 Å². The summed E-state index contributed by atoms with van der Waals surface area (Å²) >= 11 is 1.59. The van der Waals surface area contributed by atoms with Crippen LogP contribution in [0, 0.1) is 0 Å². The maximum absolute atomic E-state index is 13.5. The summed E-state index contributed by atoms with van der Waals surface area (Å²) in [5.74, 6) is 1.10. The summed E-state index contributed by atoms with van der Waals surface area (Å²) in [5.41, 5.74) is 2.76. The van der Waals surface area contributed by atoms with Gasteiger partial charge in [-0.3, -0.25) is 9.36 Å². The van der Waals surface area contributed by atoms with Gasteiger partial charge in [0.1, 0.15) is 17.0 Å². The van der Waals surface area contributed by atoms with Gasteiger partial charge in [0.15, 0.2) is 5.65 Å². The van der Waals surface area contributed by atoms with E-state index in [1.54, 1.807) is 29.2 Å². The lowest BCUT2D eigenvalue weighted by molar-refractivity contribution is 0.415. The molecule has 0 aliphatic rings. The quantitative estimate of drug-likeness (QED) is 0.411. The van der Waals surface area contributed by atoms with E-state index in [9.17, 15) is 4.79 Å². The van der Waals surface area contributed by atoms with E-state index in [1.165, 1.54) is 0 Å². The molecular weight excluding hydrogens is 422 g/mol. The van der Waals surface area contributed by atoms with E-state index in [2.05, 4.69) is 20.3 Å². The van der Waals surface area contributed by atoms with E-state index in [0.717, 1.165) is 21.9 Å². The molecule has 158 valence electrons. The van der Waals surface area contributed by atoms with Crippen molar-refractivity contribution in [2.45, 2.75) is 6.54 Å². The molecule has 0 aliphatic heterocycles. The first-order chi connectivity index (χ1) is 15.7. The number of fused-ring (bicyclic) bond motifs is 1. The topological polar surface area (TPSA) is 81.9 Å². The molecule has 5 aromatic rings. The highest BCUT2D eigenvalue weighted by Crippen LogP contribution is 2.22. The fourth-order valence-corrected chi connectivity index (χ4v) is 4.11. The zero-order valence-corrected chi connectivity index (χ0v) is 18.0. The fraction of sp³-hybridized carbons (Fsp3) is 0.0833. The van der Waals surface area contributed by atoms with E-state index in [1.807, 2.05) is 72.1 Å². The molecule has 0 spiro atoms. The number of hydrogen-bond donors (Lipinski definition) is 1. The Kier molecular flexibility index (Phi) is 5.35. The van der Waals surface area contributed by atoms with Gasteiger partial charge in [0, 0.05) is 22.2 Å². The Hall–Kier alpha value is -4.04. The zero-order chi connectivity index (χ0) is 21.9. The highest BCUT2D eigenvalue weighted by molar-refractivity contribution is 7.09. The number of ether oxygens (including phenoxy) is 1. The number of benzene rings is 2. The number of hydrogen-bond acceptors (Lipinski definition) is 7. The van der Waals surface area contributed by atoms with Gasteiger partial charge >= 0.3 is 0 Å². The largest absolute Gasteiger partial charge is 0.497 e. The van der Waals surface area contributed by atoms with Crippen LogP contribution in [0.5, 0.6) is 5.75 Å². The molecule has 0 atom stereocenters. The van der Waals surface area contributed by atoms with Crippen molar-refractivity contribution >= 4 is 34.1 Å². The molecule has 0 radical (unpaired) electrons. The summed E-state index contributed by atoms with van der Waals surface area (Å²) in [4.78, 5) is 28.2. The van der Waals surface area contributed by atoms with Crippen molar-refractivity contribution in [2.24, 2.45) is 0 Å². The molecule has 5 rings (SSSR count). The Morgan fingerprint density at radius 2 is 1.91 bits per heavy atom. The molecule has 0 fully saturated rings. The lowest BCUT2D eigenvalue weighted by Gasteiger charge is -2.12. The van der Waals surface area contributed by atoms with E-state index < -0.39 is 0 Å². The molecule has 2 aromatic carbocycles. The minimum absolute atomic E-state index is 0.192. The Balaban J connectivity index is 1.64. The van der Waals surface area contributed by atoms with E-state index in [-0.39, 0.29) is 5.56 Å². The van der Waals surface area contributed by atoms with Gasteiger partial charge in [-0.1, -0.05) is 42.5 Å². The van der Waals surface area contributed by atoms with Gasteiger partial charge in [0.05, 0.1) is 19.9 Å². The molecule has 0 unspecified atom stereocenters. The average Bonchev–Trinajstić information content (AvgIpc) is 3.35. The first-order valence-corrected chi connectivity index (χ1v) is 10.9. The monoisotopic (exact) mass is 441 g/mol. The number of methoxy groups -OCH3 is 1. The second kappa shape index (κ2) is 8.60. The summed E-state index contributed by atoms with van der Waals surface area (Å²) < 4.78 is 6.94. The Bertz CT molecular complexity index is 1430. The van der Waals surface area contributed by atoms with Crippen LogP contribution in [-0.4, -0.2) is 26.6 Å². The van der Waals surface area contributed by atoms with Crippen LogP contribution in [0.1, 0.15) is 4.88 Å². The van der Waals surface area contributed by atoms with Crippen molar-refractivity contribution in [3.63, 3.8) is 0 Å². The molecular formula is C24H19N5O2S. The minimum Gasteiger partial charge on any atom is -0.497 e. The molecule has 1 N–H and O–H groups in total. The minimum atomic E-state index is -0.192. The maximum Gasteiger partial charge on any atom is 0.279 e. The normalized spacial score (nSPS) is 10.9. The average molecular weight is 442 g/mol. The van der Waals surface area contributed by atoms with Crippen molar-refractivity contribution in [3.05, 3.63) is 93.5 Å². The predicted molar refractivity (Wildman–Crippen MR) is 127 cm³/mol. The van der Waals surface area contributed by atoms with Gasteiger partial charge in [0.2, 0.25) is 5.95 Å². The number of nitrogens with zero attached hydrogens (tertiary/aromatic N) is 4. The molecule has 0 saturated heterocycles. The highest BCUT2D eigenvalue weighted by atomic mass is 32.1. The Labute approximate surface area is 188 Å². The van der Waals surface area contributed by atoms with Gasteiger partial charge in [-0.2, -0.15) is 4.98 Å². The van der Waals surface area contributed by atoms with Crippen molar-refractivity contribution < 1.29 is 4.74 Å². The molecule has 3 aromatic heterocycles. The van der Waals surface area contributed by atoms with E-state index in [4.69, 9.17) is 4.74 Å². The van der Waals surface area contributed by atoms with Crippen LogP contribution in [0.15, 0.2) is 83.1 Å². The lowest BCUT2D eigenvalue weighted by Crippen LogP contribution is -2.25. The predicted octanol–water partition coefficient (Wildman–Crippen LogP) is 4.72. The van der Waals surface area contributed by atoms with Gasteiger partial charge < -0.3 is 10.1 Å². The molecule has 0 saturated carbocycles. The molecule has 0 amide bonds. The Morgan fingerprint density at radius 3 is 2.69 bits per heavy atom. The second-order valence-corrected chi connectivity index (χ2v) is 8.09. The fourth-order valence-electron chi connectivity index (χ4n) is 3.42. The molecule has 3 heterocycles. The van der Waals surface area contributed by atoms with Crippen LogP contribution < -0.4 is 15.6 Å². The molecule has 0 bridgehead atoms. The third-order valence-corrected chi connectivity index (χ3v) is 5.81. The smallest absolute Gasteiger partial charge is 0.279 e. The summed E-state index contributed by atoms with van der Waals surface area (Å²) in [6, 6.07) is 20.9. The number of nitrogens with one attached hydrogen (secondary N) is 1. The molecule has 32 heavy (non-hydrogen) atoms. The van der Waals surface area contributed by atoms with Crippen LogP contribution in [0.4, 0.5) is 11.6 Å². The van der Waals surface area contributed by atoms with Gasteiger partial charge in [0.25, 0.3) is 5.56 Å². The second-order valence-electron chi connectivity index (χ2n) is 7.06. The van der Waals surface area contributed by atoms with Crippen molar-refractivity contribution in [1.82, 2.24) is 19.5 Å². The standard InChI is InChI=1S/C24H19N5O2S/c1-31-18-10-5-9-17(13-18)26-24-25-14-20-22(28-24)29(15-19-11-6-12-32-19)23(30)21(27-20)16-7-3-2-4-8-16/h2-14H,15H2,1H3,(H,25,26,28). The first-order valence-electron chi connectivity index (χ1n) is 9.98. The van der Waals surface area contributed by atoms with Crippen molar-refractivity contribution in [3.8, 4) is 17.0 Å². The lowest BCUT2D eigenvalue weighted by atomic mass is 10.1.